The van der Waals surface area contributed by atoms with Gasteiger partial charge in [0.05, 0.1) is 17.9 Å². The molecule has 0 atom stereocenters. The summed E-state index contributed by atoms with van der Waals surface area (Å²) in [4.78, 5) is 34.9. The van der Waals surface area contributed by atoms with Crippen LogP contribution in [0.25, 0.3) is 21.7 Å². The summed E-state index contributed by atoms with van der Waals surface area (Å²) in [5.41, 5.74) is -1.49. The number of carbonyl (C=O) groups is 2. The van der Waals surface area contributed by atoms with Crippen LogP contribution in [0.1, 0.15) is 5.76 Å². The number of carbonyl (C=O) groups excluding carboxylic acids is 2. The van der Waals surface area contributed by atoms with Crippen molar-refractivity contribution in [2.75, 3.05) is 13.2 Å². The first kappa shape index (κ1) is 23.6. The summed E-state index contributed by atoms with van der Waals surface area (Å²) >= 11 is 0. The van der Waals surface area contributed by atoms with Gasteiger partial charge in [-0.3, -0.25) is 9.59 Å². The maximum Gasteiger partial charge on any atom is 0.453 e. The van der Waals surface area contributed by atoms with Crippen molar-refractivity contribution in [1.82, 2.24) is 5.32 Å². The highest BCUT2D eigenvalue weighted by Crippen LogP contribution is 2.39. The Morgan fingerprint density at radius 2 is 1.69 bits per heavy atom. The Balaban J connectivity index is 1.68. The number of carboxylic acid groups (broad SMARTS) is 1. The first-order valence-electron chi connectivity index (χ1n) is 10.1. The summed E-state index contributed by atoms with van der Waals surface area (Å²) < 4.78 is 56.8. The minimum absolute atomic E-state index is 0.0170. The molecular formula is C24H15F3NO7-. The lowest BCUT2D eigenvalue weighted by molar-refractivity contribution is -0.304. The lowest BCUT2D eigenvalue weighted by atomic mass is 10.1. The Labute approximate surface area is 194 Å². The van der Waals surface area contributed by atoms with Gasteiger partial charge in [-0.25, -0.2) is 0 Å². The SMILES string of the molecule is O=C([O-])CNC(=O)COc1ccc2c(=O)c(Oc3ccc4ccccc4c3)c(C(F)(F)F)oc2c1. The van der Waals surface area contributed by atoms with Crippen LogP contribution >= 0.6 is 0 Å². The van der Waals surface area contributed by atoms with Crippen molar-refractivity contribution in [2.24, 2.45) is 0 Å². The number of ether oxygens (including phenoxy) is 2. The molecule has 4 rings (SSSR count). The topological polar surface area (TPSA) is 118 Å². The maximum atomic E-state index is 13.8. The minimum Gasteiger partial charge on any atom is -0.548 e. The Morgan fingerprint density at radius 3 is 2.40 bits per heavy atom. The summed E-state index contributed by atoms with van der Waals surface area (Å²) in [6.45, 7) is -1.36. The van der Waals surface area contributed by atoms with Gasteiger partial charge < -0.3 is 29.1 Å². The molecular weight excluding hydrogens is 471 g/mol. The van der Waals surface area contributed by atoms with Crippen LogP contribution in [0.15, 0.2) is 69.9 Å². The smallest absolute Gasteiger partial charge is 0.453 e. The fourth-order valence-electron chi connectivity index (χ4n) is 3.24. The van der Waals surface area contributed by atoms with Crippen LogP contribution < -0.4 is 25.3 Å². The molecule has 35 heavy (non-hydrogen) atoms. The number of benzene rings is 3. The van der Waals surface area contributed by atoms with E-state index in [9.17, 15) is 32.7 Å². The van der Waals surface area contributed by atoms with Crippen molar-refractivity contribution in [3.8, 4) is 17.2 Å². The second kappa shape index (κ2) is 9.37. The molecule has 1 heterocycles. The third-order valence-corrected chi connectivity index (χ3v) is 4.82. The zero-order valence-electron chi connectivity index (χ0n) is 17.7. The van der Waals surface area contributed by atoms with Crippen LogP contribution in [0.4, 0.5) is 13.2 Å². The number of rotatable bonds is 7. The van der Waals surface area contributed by atoms with Gasteiger partial charge in [0.15, 0.2) is 6.61 Å². The van der Waals surface area contributed by atoms with Crippen LogP contribution in [0, 0.1) is 0 Å². The normalized spacial score (nSPS) is 11.4. The number of fused-ring (bicyclic) bond motifs is 2. The van der Waals surface area contributed by atoms with Crippen molar-refractivity contribution in [2.45, 2.75) is 6.18 Å². The van der Waals surface area contributed by atoms with Gasteiger partial charge >= 0.3 is 6.18 Å². The Morgan fingerprint density at radius 1 is 0.971 bits per heavy atom. The standard InChI is InChI=1S/C24H16F3NO7/c25-24(26,27)23-22(34-16-6-5-13-3-1-2-4-14(13)9-16)21(32)17-8-7-15(10-18(17)35-23)33-12-19(29)28-11-20(30)31/h1-10H,11-12H2,(H,28,29)(H,30,31)/p-1. The van der Waals surface area contributed by atoms with E-state index >= 15 is 0 Å². The van der Waals surface area contributed by atoms with E-state index in [0.717, 1.165) is 11.5 Å². The predicted molar refractivity (Wildman–Crippen MR) is 115 cm³/mol. The Bertz CT molecular complexity index is 1490. The number of hydrogen-bond acceptors (Lipinski definition) is 7. The molecule has 180 valence electrons. The van der Waals surface area contributed by atoms with E-state index in [0.29, 0.717) is 5.39 Å². The molecule has 8 nitrogen and oxygen atoms in total. The first-order chi connectivity index (χ1) is 16.6. The zero-order chi connectivity index (χ0) is 25.2. The number of alkyl halides is 3. The largest absolute Gasteiger partial charge is 0.548 e. The molecule has 0 aliphatic carbocycles. The van der Waals surface area contributed by atoms with E-state index in [1.54, 1.807) is 24.3 Å². The lowest BCUT2D eigenvalue weighted by Crippen LogP contribution is -2.39. The quantitative estimate of drug-likeness (QED) is 0.427. The van der Waals surface area contributed by atoms with E-state index in [-0.39, 0.29) is 16.9 Å². The number of nitrogens with one attached hydrogen (secondary N) is 1. The second-order valence-corrected chi connectivity index (χ2v) is 7.29. The van der Waals surface area contributed by atoms with Crippen LogP contribution in [0.2, 0.25) is 0 Å². The van der Waals surface area contributed by atoms with Crippen molar-refractivity contribution in [1.29, 1.82) is 0 Å². The highest BCUT2D eigenvalue weighted by Gasteiger charge is 2.40. The summed E-state index contributed by atoms with van der Waals surface area (Å²) in [7, 11) is 0. The van der Waals surface area contributed by atoms with Crippen LogP contribution in [-0.4, -0.2) is 25.0 Å². The van der Waals surface area contributed by atoms with Crippen molar-refractivity contribution in [3.63, 3.8) is 0 Å². The molecule has 0 unspecified atom stereocenters. The van der Waals surface area contributed by atoms with Gasteiger partial charge in [-0.2, -0.15) is 13.2 Å². The fourth-order valence-corrected chi connectivity index (χ4v) is 3.24. The molecule has 1 aromatic heterocycles. The zero-order valence-corrected chi connectivity index (χ0v) is 17.7. The molecule has 0 saturated heterocycles. The molecule has 4 aromatic rings. The van der Waals surface area contributed by atoms with E-state index < -0.39 is 53.7 Å². The van der Waals surface area contributed by atoms with E-state index in [2.05, 4.69) is 0 Å². The molecule has 0 spiro atoms. The monoisotopic (exact) mass is 486 g/mol. The summed E-state index contributed by atoms with van der Waals surface area (Å²) in [5.74, 6) is -5.02. The highest BCUT2D eigenvalue weighted by molar-refractivity contribution is 5.84. The van der Waals surface area contributed by atoms with Gasteiger partial charge in [-0.05, 0) is 35.0 Å². The maximum absolute atomic E-state index is 13.8. The van der Waals surface area contributed by atoms with E-state index in [1.807, 2.05) is 11.4 Å². The molecule has 0 aliphatic rings. The van der Waals surface area contributed by atoms with Crippen molar-refractivity contribution < 1.29 is 41.8 Å². The molecule has 0 fully saturated rings. The Hall–Kier alpha value is -4.54. The average molecular weight is 486 g/mol. The highest BCUT2D eigenvalue weighted by atomic mass is 19.4. The second-order valence-electron chi connectivity index (χ2n) is 7.29. The van der Waals surface area contributed by atoms with Crippen LogP contribution in [0.5, 0.6) is 17.2 Å². The Kier molecular flexibility index (Phi) is 6.32. The average Bonchev–Trinajstić information content (AvgIpc) is 2.82. The lowest BCUT2D eigenvalue weighted by Gasteiger charge is -2.14. The first-order valence-corrected chi connectivity index (χ1v) is 10.1. The molecule has 0 saturated carbocycles. The van der Waals surface area contributed by atoms with Gasteiger partial charge in [0.2, 0.25) is 11.2 Å². The number of amides is 1. The molecule has 0 bridgehead atoms. The third-order valence-electron chi connectivity index (χ3n) is 4.82. The summed E-state index contributed by atoms with van der Waals surface area (Å²) in [6.07, 6.45) is -5.05. The number of carboxylic acids is 1. The number of hydrogen-bond donors (Lipinski definition) is 1. The molecule has 0 radical (unpaired) electrons. The van der Waals surface area contributed by atoms with Gasteiger partial charge in [0, 0.05) is 6.07 Å². The van der Waals surface area contributed by atoms with Gasteiger partial charge in [0.25, 0.3) is 11.7 Å². The third kappa shape index (κ3) is 5.35. The predicted octanol–water partition coefficient (Wildman–Crippen LogP) is 3.00. The van der Waals surface area contributed by atoms with Crippen molar-refractivity contribution >= 4 is 33.6 Å². The van der Waals surface area contributed by atoms with Crippen LogP contribution in [-0.2, 0) is 15.8 Å². The van der Waals surface area contributed by atoms with E-state index in [1.165, 1.54) is 24.3 Å². The van der Waals surface area contributed by atoms with Crippen LogP contribution in [0.3, 0.4) is 0 Å². The minimum atomic E-state index is -5.05. The summed E-state index contributed by atoms with van der Waals surface area (Å²) in [6, 6.07) is 15.1. The fraction of sp³-hybridized carbons (Fsp3) is 0.125. The molecule has 3 aromatic carbocycles. The van der Waals surface area contributed by atoms with Gasteiger partial charge in [0.1, 0.15) is 17.1 Å². The molecule has 1 amide bonds. The summed E-state index contributed by atoms with van der Waals surface area (Å²) in [5, 5.41) is 13.7. The van der Waals surface area contributed by atoms with Gasteiger partial charge in [-0.1, -0.05) is 30.3 Å². The van der Waals surface area contributed by atoms with Crippen molar-refractivity contribution in [3.05, 3.63) is 76.6 Å². The van der Waals surface area contributed by atoms with Gasteiger partial charge in [-0.15, -0.1) is 0 Å². The molecule has 1 N–H and O–H groups in total. The number of halogens is 3. The van der Waals surface area contributed by atoms with E-state index in [4.69, 9.17) is 13.9 Å². The number of aliphatic carboxylic acids is 1. The molecule has 11 heteroatoms. The molecule has 0 aliphatic heterocycles.